The van der Waals surface area contributed by atoms with Crippen molar-refractivity contribution in [2.24, 2.45) is 0 Å². The highest BCUT2D eigenvalue weighted by Crippen LogP contribution is 2.07. The van der Waals surface area contributed by atoms with E-state index in [9.17, 15) is 14.9 Å². The van der Waals surface area contributed by atoms with E-state index in [-0.39, 0.29) is 11.3 Å². The molecule has 0 aromatic carbocycles. The van der Waals surface area contributed by atoms with Gasteiger partial charge in [0.25, 0.3) is 0 Å². The Kier molecular flexibility index (Phi) is 15.2. The van der Waals surface area contributed by atoms with Crippen molar-refractivity contribution in [3.05, 3.63) is 58.7 Å². The summed E-state index contributed by atoms with van der Waals surface area (Å²) in [5.41, 5.74) is 0. The third-order valence-electron chi connectivity index (χ3n) is 3.59. The Hall–Kier alpha value is -2.17. The lowest BCUT2D eigenvalue weighted by Crippen LogP contribution is -2.16. The Morgan fingerprint density at radius 1 is 1.04 bits per heavy atom. The molecule has 0 saturated carbocycles. The van der Waals surface area contributed by atoms with Gasteiger partial charge in [-0.05, 0) is 38.2 Å². The second kappa shape index (κ2) is 16.7. The number of carboxylic acid groups (broad SMARTS) is 1. The standard InChI is InChI=1S/C20H31NO4/c1-2-3-13-16-19(21(24)25)17-14-11-9-7-5-4-6-8-10-12-15-18-20(22)23/h4-5,8-11,14,17,19H,2-3,6-7,12-13,15-16,18H2,1H3,(H,22,23). The molecule has 0 amide bonds. The average molecular weight is 349 g/mol. The van der Waals surface area contributed by atoms with Crippen LogP contribution in [0.2, 0.25) is 0 Å². The number of unbranched alkanes of at least 4 members (excludes halogenated alkanes) is 3. The van der Waals surface area contributed by atoms with Crippen LogP contribution in [0.3, 0.4) is 0 Å². The smallest absolute Gasteiger partial charge is 0.303 e. The third-order valence-corrected chi connectivity index (χ3v) is 3.59. The predicted octanol–water partition coefficient (Wildman–Crippen LogP) is 5.47. The van der Waals surface area contributed by atoms with Crippen molar-refractivity contribution in [1.29, 1.82) is 0 Å². The van der Waals surface area contributed by atoms with Crippen LogP contribution in [0.4, 0.5) is 0 Å². The zero-order chi connectivity index (χ0) is 18.8. The monoisotopic (exact) mass is 349 g/mol. The lowest BCUT2D eigenvalue weighted by atomic mass is 10.1. The van der Waals surface area contributed by atoms with Crippen LogP contribution >= 0.6 is 0 Å². The summed E-state index contributed by atoms with van der Waals surface area (Å²) in [6.07, 6.45) is 22.3. The van der Waals surface area contributed by atoms with Crippen LogP contribution in [0.25, 0.3) is 0 Å². The number of carbonyl (C=O) groups is 1. The fourth-order valence-corrected chi connectivity index (χ4v) is 2.16. The first-order valence-corrected chi connectivity index (χ1v) is 9.06. The highest BCUT2D eigenvalue weighted by atomic mass is 16.6. The molecule has 0 aliphatic heterocycles. The Morgan fingerprint density at radius 3 is 2.36 bits per heavy atom. The fourth-order valence-electron chi connectivity index (χ4n) is 2.16. The number of aliphatic carboxylic acids is 1. The van der Waals surface area contributed by atoms with Gasteiger partial charge in [0, 0.05) is 17.8 Å². The summed E-state index contributed by atoms with van der Waals surface area (Å²) >= 11 is 0. The Labute approximate surface area is 151 Å². The van der Waals surface area contributed by atoms with Gasteiger partial charge in [0.2, 0.25) is 6.04 Å². The number of allylic oxidation sites excluding steroid dienone is 7. The van der Waals surface area contributed by atoms with Crippen LogP contribution in [-0.4, -0.2) is 22.0 Å². The predicted molar refractivity (Wildman–Crippen MR) is 102 cm³/mol. The van der Waals surface area contributed by atoms with Crippen molar-refractivity contribution < 1.29 is 14.8 Å². The van der Waals surface area contributed by atoms with Gasteiger partial charge in [0.15, 0.2) is 0 Å². The van der Waals surface area contributed by atoms with Crippen molar-refractivity contribution in [1.82, 2.24) is 0 Å². The summed E-state index contributed by atoms with van der Waals surface area (Å²) in [6.45, 7) is 2.09. The van der Waals surface area contributed by atoms with E-state index in [1.165, 1.54) is 0 Å². The molecule has 5 heteroatoms. The first-order valence-electron chi connectivity index (χ1n) is 9.06. The van der Waals surface area contributed by atoms with Gasteiger partial charge in [0.1, 0.15) is 0 Å². The largest absolute Gasteiger partial charge is 0.481 e. The first kappa shape index (κ1) is 22.8. The van der Waals surface area contributed by atoms with E-state index in [4.69, 9.17) is 5.11 Å². The number of hydrogen-bond acceptors (Lipinski definition) is 3. The van der Waals surface area contributed by atoms with Crippen molar-refractivity contribution >= 4 is 5.97 Å². The Balaban J connectivity index is 3.85. The van der Waals surface area contributed by atoms with E-state index in [1.807, 2.05) is 36.5 Å². The molecular weight excluding hydrogens is 318 g/mol. The van der Waals surface area contributed by atoms with E-state index in [2.05, 4.69) is 6.92 Å². The maximum Gasteiger partial charge on any atom is 0.303 e. The van der Waals surface area contributed by atoms with Gasteiger partial charge in [-0.2, -0.15) is 0 Å². The lowest BCUT2D eigenvalue weighted by molar-refractivity contribution is -0.510. The minimum Gasteiger partial charge on any atom is -0.481 e. The number of nitro groups is 1. The van der Waals surface area contributed by atoms with Crippen LogP contribution in [0.1, 0.15) is 64.7 Å². The van der Waals surface area contributed by atoms with Gasteiger partial charge in [-0.1, -0.05) is 62.3 Å². The van der Waals surface area contributed by atoms with Crippen LogP contribution in [0, 0.1) is 10.1 Å². The van der Waals surface area contributed by atoms with E-state index < -0.39 is 12.0 Å². The van der Waals surface area contributed by atoms with Gasteiger partial charge in [0.05, 0.1) is 0 Å². The van der Waals surface area contributed by atoms with Gasteiger partial charge in [-0.25, -0.2) is 0 Å². The lowest BCUT2D eigenvalue weighted by Gasteiger charge is -2.03. The summed E-state index contributed by atoms with van der Waals surface area (Å²) in [5.74, 6) is -0.750. The molecule has 0 rings (SSSR count). The maximum absolute atomic E-state index is 10.9. The molecule has 140 valence electrons. The van der Waals surface area contributed by atoms with E-state index in [1.54, 1.807) is 12.2 Å². The molecule has 0 aromatic heterocycles. The maximum atomic E-state index is 10.9. The van der Waals surface area contributed by atoms with Crippen LogP contribution in [-0.2, 0) is 4.79 Å². The summed E-state index contributed by atoms with van der Waals surface area (Å²) in [7, 11) is 0. The minimum atomic E-state index is -0.750. The SMILES string of the molecule is CCCCCC(C=CC=CCC=CCC=CCCCC(=O)O)[N+](=O)[O-]. The van der Waals surface area contributed by atoms with Crippen molar-refractivity contribution in [3.63, 3.8) is 0 Å². The minimum absolute atomic E-state index is 0.217. The quantitative estimate of drug-likeness (QED) is 0.140. The van der Waals surface area contributed by atoms with E-state index in [0.717, 1.165) is 38.5 Å². The van der Waals surface area contributed by atoms with Gasteiger partial charge in [-0.15, -0.1) is 0 Å². The summed E-state index contributed by atoms with van der Waals surface area (Å²) < 4.78 is 0. The van der Waals surface area contributed by atoms with Gasteiger partial charge >= 0.3 is 5.97 Å². The van der Waals surface area contributed by atoms with E-state index >= 15 is 0 Å². The molecule has 0 saturated heterocycles. The molecule has 1 atom stereocenters. The van der Waals surface area contributed by atoms with Crippen LogP contribution in [0.5, 0.6) is 0 Å². The second-order valence-corrected chi connectivity index (χ2v) is 5.86. The molecule has 0 aliphatic rings. The highest BCUT2D eigenvalue weighted by Gasteiger charge is 2.14. The van der Waals surface area contributed by atoms with Crippen molar-refractivity contribution in [2.75, 3.05) is 0 Å². The summed E-state index contributed by atoms with van der Waals surface area (Å²) in [4.78, 5) is 21.1. The average Bonchev–Trinajstić information content (AvgIpc) is 2.56. The molecule has 25 heavy (non-hydrogen) atoms. The molecular formula is C20H31NO4. The molecule has 0 bridgehead atoms. The summed E-state index contributed by atoms with van der Waals surface area (Å²) in [5, 5.41) is 19.4. The molecule has 1 N–H and O–H groups in total. The van der Waals surface area contributed by atoms with E-state index in [0.29, 0.717) is 12.8 Å². The molecule has 0 aliphatic carbocycles. The molecule has 5 nitrogen and oxygen atoms in total. The third kappa shape index (κ3) is 16.5. The molecule has 0 radical (unpaired) electrons. The number of hydrogen-bond donors (Lipinski definition) is 1. The second-order valence-electron chi connectivity index (χ2n) is 5.86. The Bertz CT molecular complexity index is 478. The molecule has 0 aromatic rings. The number of rotatable bonds is 15. The first-order chi connectivity index (χ1) is 12.1. The zero-order valence-electron chi connectivity index (χ0n) is 15.2. The Morgan fingerprint density at radius 2 is 1.72 bits per heavy atom. The number of nitrogens with zero attached hydrogens (tertiary/aromatic N) is 1. The fraction of sp³-hybridized carbons (Fsp3) is 0.550. The molecule has 0 heterocycles. The van der Waals surface area contributed by atoms with Gasteiger partial charge < -0.3 is 5.11 Å². The van der Waals surface area contributed by atoms with Crippen molar-refractivity contribution in [2.45, 2.75) is 70.8 Å². The molecule has 1 unspecified atom stereocenters. The number of carboxylic acids is 1. The highest BCUT2D eigenvalue weighted by molar-refractivity contribution is 5.66. The summed E-state index contributed by atoms with van der Waals surface area (Å²) in [6, 6.07) is -0.585. The van der Waals surface area contributed by atoms with Crippen molar-refractivity contribution in [3.8, 4) is 0 Å². The zero-order valence-corrected chi connectivity index (χ0v) is 15.2. The van der Waals surface area contributed by atoms with Crippen LogP contribution < -0.4 is 0 Å². The molecule has 0 spiro atoms. The van der Waals surface area contributed by atoms with Gasteiger partial charge in [-0.3, -0.25) is 14.9 Å². The van der Waals surface area contributed by atoms with Crippen LogP contribution in [0.15, 0.2) is 48.6 Å². The topological polar surface area (TPSA) is 80.4 Å². The molecule has 0 fully saturated rings. The normalized spacial score (nSPS) is 13.5.